The number of hydrogen-bond donors (Lipinski definition) is 2. The maximum atomic E-state index is 13.3. The van der Waals surface area contributed by atoms with E-state index in [1.54, 1.807) is 0 Å². The Morgan fingerprint density at radius 2 is 2.21 bits per heavy atom. The Morgan fingerprint density at radius 3 is 2.84 bits per heavy atom. The Morgan fingerprint density at radius 1 is 1.42 bits per heavy atom. The zero-order valence-corrected chi connectivity index (χ0v) is 10.9. The molecule has 0 saturated heterocycles. The molecule has 2 amide bonds. The monoisotopic (exact) mass is 283 g/mol. The van der Waals surface area contributed by atoms with Crippen LogP contribution in [0.1, 0.15) is 10.7 Å². The first kappa shape index (κ1) is 13.4. The molecule has 0 aliphatic carbocycles. The number of aromatic nitrogens is 1. The number of anilines is 1. The van der Waals surface area contributed by atoms with Crippen LogP contribution in [0.15, 0.2) is 23.6 Å². The molecule has 0 unspecified atom stereocenters. The summed E-state index contributed by atoms with van der Waals surface area (Å²) in [5.41, 5.74) is 0.806. The van der Waals surface area contributed by atoms with E-state index in [2.05, 4.69) is 15.6 Å². The molecule has 1 heterocycles. The van der Waals surface area contributed by atoms with Gasteiger partial charge in [0.2, 0.25) is 0 Å². The molecule has 0 spiro atoms. The number of thiazole rings is 1. The van der Waals surface area contributed by atoms with Gasteiger partial charge in [-0.25, -0.2) is 18.6 Å². The second-order valence-electron chi connectivity index (χ2n) is 3.81. The first-order valence-electron chi connectivity index (χ1n) is 5.45. The average Bonchev–Trinajstić information content (AvgIpc) is 2.76. The molecule has 2 aromatic rings. The summed E-state index contributed by atoms with van der Waals surface area (Å²) in [7, 11) is 0. The van der Waals surface area contributed by atoms with Gasteiger partial charge in [-0.05, 0) is 19.1 Å². The highest BCUT2D eigenvalue weighted by Gasteiger charge is 2.08. The highest BCUT2D eigenvalue weighted by atomic mass is 32.1. The lowest BCUT2D eigenvalue weighted by molar-refractivity contribution is 0.251. The van der Waals surface area contributed by atoms with Crippen LogP contribution in [0.4, 0.5) is 19.3 Å². The highest BCUT2D eigenvalue weighted by molar-refractivity contribution is 7.09. The van der Waals surface area contributed by atoms with E-state index < -0.39 is 17.7 Å². The standard InChI is InChI=1S/C12H11F2N3OS/c1-7-6-19-11(16-7)5-15-12(18)17-10-3-2-8(13)4-9(10)14/h2-4,6H,5H2,1H3,(H2,15,17,18). The van der Waals surface area contributed by atoms with E-state index in [1.165, 1.54) is 11.3 Å². The third-order valence-corrected chi connectivity index (χ3v) is 3.21. The summed E-state index contributed by atoms with van der Waals surface area (Å²) in [5, 5.41) is 7.47. The van der Waals surface area contributed by atoms with Gasteiger partial charge in [0.15, 0.2) is 0 Å². The van der Waals surface area contributed by atoms with Gasteiger partial charge < -0.3 is 10.6 Å². The normalized spacial score (nSPS) is 10.3. The Balaban J connectivity index is 1.90. The summed E-state index contributed by atoms with van der Waals surface area (Å²) in [6, 6.07) is 2.37. The second kappa shape index (κ2) is 5.75. The number of nitrogens with zero attached hydrogens (tertiary/aromatic N) is 1. The minimum absolute atomic E-state index is 0.0748. The molecular weight excluding hydrogens is 272 g/mol. The number of carbonyl (C=O) groups is 1. The van der Waals surface area contributed by atoms with Gasteiger partial charge in [0.25, 0.3) is 0 Å². The topological polar surface area (TPSA) is 54.0 Å². The quantitative estimate of drug-likeness (QED) is 0.909. The van der Waals surface area contributed by atoms with Crippen molar-refractivity contribution in [3.8, 4) is 0 Å². The van der Waals surface area contributed by atoms with Crippen LogP contribution in [0.5, 0.6) is 0 Å². The number of halogens is 2. The van der Waals surface area contributed by atoms with Crippen LogP contribution >= 0.6 is 11.3 Å². The molecule has 1 aromatic heterocycles. The van der Waals surface area contributed by atoms with Gasteiger partial charge >= 0.3 is 6.03 Å². The number of amides is 2. The minimum atomic E-state index is -0.819. The van der Waals surface area contributed by atoms with Crippen molar-refractivity contribution in [3.63, 3.8) is 0 Å². The van der Waals surface area contributed by atoms with Gasteiger partial charge in [-0.3, -0.25) is 0 Å². The molecule has 0 saturated carbocycles. The average molecular weight is 283 g/mol. The van der Waals surface area contributed by atoms with Crippen molar-refractivity contribution in [1.82, 2.24) is 10.3 Å². The number of hydrogen-bond acceptors (Lipinski definition) is 3. The maximum Gasteiger partial charge on any atom is 0.319 e. The van der Waals surface area contributed by atoms with E-state index in [0.717, 1.165) is 22.8 Å². The van der Waals surface area contributed by atoms with E-state index in [0.29, 0.717) is 6.07 Å². The number of benzene rings is 1. The van der Waals surface area contributed by atoms with E-state index in [1.807, 2.05) is 12.3 Å². The molecule has 4 nitrogen and oxygen atoms in total. The van der Waals surface area contributed by atoms with Crippen molar-refractivity contribution < 1.29 is 13.6 Å². The minimum Gasteiger partial charge on any atom is -0.331 e. The lowest BCUT2D eigenvalue weighted by Gasteiger charge is -2.07. The summed E-state index contributed by atoms with van der Waals surface area (Å²) < 4.78 is 26.0. The lowest BCUT2D eigenvalue weighted by atomic mass is 10.3. The number of rotatable bonds is 3. The predicted molar refractivity (Wildman–Crippen MR) is 69.1 cm³/mol. The number of nitrogens with one attached hydrogen (secondary N) is 2. The molecule has 100 valence electrons. The van der Waals surface area contributed by atoms with Crippen molar-refractivity contribution in [2.75, 3.05) is 5.32 Å². The van der Waals surface area contributed by atoms with Gasteiger partial charge in [-0.1, -0.05) is 0 Å². The van der Waals surface area contributed by atoms with Crippen molar-refractivity contribution in [2.24, 2.45) is 0 Å². The van der Waals surface area contributed by atoms with Crippen LogP contribution in [0.3, 0.4) is 0 Å². The summed E-state index contributed by atoms with van der Waals surface area (Å²) >= 11 is 1.43. The van der Waals surface area contributed by atoms with Crippen LogP contribution in [0.25, 0.3) is 0 Å². The SMILES string of the molecule is Cc1csc(CNC(=O)Nc2ccc(F)cc2F)n1. The zero-order valence-electron chi connectivity index (χ0n) is 10.0. The molecule has 0 aliphatic rings. The third-order valence-electron chi connectivity index (χ3n) is 2.25. The van der Waals surface area contributed by atoms with Crippen LogP contribution < -0.4 is 10.6 Å². The van der Waals surface area contributed by atoms with Crippen LogP contribution in [-0.2, 0) is 6.54 Å². The van der Waals surface area contributed by atoms with Gasteiger partial charge in [0.1, 0.15) is 16.6 Å². The molecule has 2 N–H and O–H groups in total. The summed E-state index contributed by atoms with van der Waals surface area (Å²) in [6.07, 6.45) is 0. The Hall–Kier alpha value is -2.02. The Bertz CT molecular complexity index is 600. The maximum absolute atomic E-state index is 13.3. The zero-order chi connectivity index (χ0) is 13.8. The molecule has 0 atom stereocenters. The van der Waals surface area contributed by atoms with Crippen molar-refractivity contribution in [1.29, 1.82) is 0 Å². The highest BCUT2D eigenvalue weighted by Crippen LogP contribution is 2.14. The van der Waals surface area contributed by atoms with E-state index in [-0.39, 0.29) is 12.2 Å². The molecular formula is C12H11F2N3OS. The van der Waals surface area contributed by atoms with Crippen molar-refractivity contribution in [3.05, 3.63) is 45.9 Å². The number of carbonyl (C=O) groups excluding carboxylic acids is 1. The van der Waals surface area contributed by atoms with E-state index >= 15 is 0 Å². The third kappa shape index (κ3) is 3.72. The fraction of sp³-hybridized carbons (Fsp3) is 0.167. The van der Waals surface area contributed by atoms with Gasteiger partial charge in [0, 0.05) is 17.1 Å². The van der Waals surface area contributed by atoms with Crippen LogP contribution in [0, 0.1) is 18.6 Å². The molecule has 0 fully saturated rings. The summed E-state index contributed by atoms with van der Waals surface area (Å²) in [5.74, 6) is -1.51. The van der Waals surface area contributed by atoms with Crippen molar-refractivity contribution >= 4 is 23.1 Å². The fourth-order valence-electron chi connectivity index (χ4n) is 1.40. The molecule has 2 rings (SSSR count). The lowest BCUT2D eigenvalue weighted by Crippen LogP contribution is -2.28. The number of aryl methyl sites for hydroxylation is 1. The van der Waals surface area contributed by atoms with Gasteiger partial charge in [-0.2, -0.15) is 0 Å². The summed E-state index contributed by atoms with van der Waals surface area (Å²) in [4.78, 5) is 15.7. The van der Waals surface area contributed by atoms with Crippen LogP contribution in [0.2, 0.25) is 0 Å². The Labute approximate surface area is 112 Å². The van der Waals surface area contributed by atoms with Crippen LogP contribution in [-0.4, -0.2) is 11.0 Å². The van der Waals surface area contributed by atoms with E-state index in [4.69, 9.17) is 0 Å². The molecule has 1 aromatic carbocycles. The second-order valence-corrected chi connectivity index (χ2v) is 4.76. The first-order chi connectivity index (χ1) is 9.04. The molecule has 0 bridgehead atoms. The first-order valence-corrected chi connectivity index (χ1v) is 6.33. The Kier molecular flexibility index (Phi) is 4.06. The van der Waals surface area contributed by atoms with Gasteiger partial charge in [0.05, 0.1) is 12.2 Å². The molecule has 0 aliphatic heterocycles. The predicted octanol–water partition coefficient (Wildman–Crippen LogP) is 3.05. The molecule has 19 heavy (non-hydrogen) atoms. The van der Waals surface area contributed by atoms with Gasteiger partial charge in [-0.15, -0.1) is 11.3 Å². The summed E-state index contributed by atoms with van der Waals surface area (Å²) in [6.45, 7) is 2.11. The molecule has 7 heteroatoms. The van der Waals surface area contributed by atoms with Crippen molar-refractivity contribution in [2.45, 2.75) is 13.5 Å². The number of urea groups is 1. The van der Waals surface area contributed by atoms with E-state index in [9.17, 15) is 13.6 Å². The largest absolute Gasteiger partial charge is 0.331 e. The smallest absolute Gasteiger partial charge is 0.319 e. The fourth-order valence-corrected chi connectivity index (χ4v) is 2.11. The molecule has 0 radical (unpaired) electrons.